The van der Waals surface area contributed by atoms with E-state index in [0.29, 0.717) is 22.8 Å². The van der Waals surface area contributed by atoms with E-state index >= 15 is 0 Å². The highest BCUT2D eigenvalue weighted by atomic mass is 35.5. The van der Waals surface area contributed by atoms with E-state index in [4.69, 9.17) is 11.6 Å². The maximum atomic E-state index is 12.2. The summed E-state index contributed by atoms with van der Waals surface area (Å²) in [5.41, 5.74) is 0.0580. The standard InChI is InChI=1S/C14H12ClN5O2/c1-2-10-16-14-18-12(21)7-11(20(14)19-10)17-13(22)8-3-5-9(15)6-4-8/h3-7H,2H2,1H3,(H,17,22)(H,16,18,19,21). The Morgan fingerprint density at radius 1 is 1.36 bits per heavy atom. The first kappa shape index (κ1) is 14.3. The van der Waals surface area contributed by atoms with Gasteiger partial charge in [-0.05, 0) is 24.3 Å². The van der Waals surface area contributed by atoms with Crippen molar-refractivity contribution in [3.05, 3.63) is 57.1 Å². The van der Waals surface area contributed by atoms with Gasteiger partial charge in [0.2, 0.25) is 5.78 Å². The molecule has 0 radical (unpaired) electrons. The molecular formula is C14H12ClN5O2. The van der Waals surface area contributed by atoms with Crippen LogP contribution in [0.25, 0.3) is 5.78 Å². The molecule has 8 heteroatoms. The first-order valence-electron chi connectivity index (χ1n) is 6.62. The third kappa shape index (κ3) is 2.71. The van der Waals surface area contributed by atoms with Crippen molar-refractivity contribution >= 4 is 29.1 Å². The number of nitrogens with one attached hydrogen (secondary N) is 2. The number of aryl methyl sites for hydroxylation is 1. The van der Waals surface area contributed by atoms with Crippen LogP contribution < -0.4 is 10.9 Å². The number of halogens is 1. The van der Waals surface area contributed by atoms with Gasteiger partial charge in [-0.1, -0.05) is 18.5 Å². The molecule has 2 heterocycles. The van der Waals surface area contributed by atoms with Gasteiger partial charge in [0.15, 0.2) is 5.82 Å². The van der Waals surface area contributed by atoms with Crippen LogP contribution in [0.15, 0.2) is 35.1 Å². The number of aromatic amines is 1. The van der Waals surface area contributed by atoms with Crippen LogP contribution in [0.4, 0.5) is 5.82 Å². The SMILES string of the molecule is CCc1nc2[nH]c(=O)cc(NC(=O)c3ccc(Cl)cc3)n2n1. The highest BCUT2D eigenvalue weighted by Crippen LogP contribution is 2.12. The van der Waals surface area contributed by atoms with Crippen molar-refractivity contribution in [2.45, 2.75) is 13.3 Å². The Morgan fingerprint density at radius 3 is 2.77 bits per heavy atom. The molecule has 112 valence electrons. The van der Waals surface area contributed by atoms with Crippen molar-refractivity contribution in [2.75, 3.05) is 5.32 Å². The Kier molecular flexibility index (Phi) is 3.64. The smallest absolute Gasteiger partial charge is 0.256 e. The van der Waals surface area contributed by atoms with Gasteiger partial charge in [-0.15, -0.1) is 5.10 Å². The molecule has 0 bridgehead atoms. The minimum absolute atomic E-state index is 0.255. The van der Waals surface area contributed by atoms with Crippen LogP contribution in [0.2, 0.25) is 5.02 Å². The molecule has 3 rings (SSSR count). The fourth-order valence-electron chi connectivity index (χ4n) is 1.96. The van der Waals surface area contributed by atoms with E-state index in [1.54, 1.807) is 24.3 Å². The summed E-state index contributed by atoms with van der Waals surface area (Å²) < 4.78 is 1.40. The molecule has 0 fully saturated rings. The first-order chi connectivity index (χ1) is 10.6. The number of aromatic nitrogens is 4. The van der Waals surface area contributed by atoms with Gasteiger partial charge in [-0.2, -0.15) is 9.50 Å². The van der Waals surface area contributed by atoms with E-state index in [-0.39, 0.29) is 23.1 Å². The molecule has 0 unspecified atom stereocenters. The molecule has 0 saturated heterocycles. The van der Waals surface area contributed by atoms with E-state index < -0.39 is 0 Å². The van der Waals surface area contributed by atoms with E-state index in [0.717, 1.165) is 0 Å². The van der Waals surface area contributed by atoms with Crippen molar-refractivity contribution in [2.24, 2.45) is 0 Å². The summed E-state index contributed by atoms with van der Waals surface area (Å²) in [4.78, 5) is 30.6. The molecule has 0 spiro atoms. The fraction of sp³-hybridized carbons (Fsp3) is 0.143. The van der Waals surface area contributed by atoms with Crippen LogP contribution in [0.5, 0.6) is 0 Å². The minimum atomic E-state index is -0.367. The molecule has 2 N–H and O–H groups in total. The lowest BCUT2D eigenvalue weighted by molar-refractivity contribution is 0.102. The second-order valence-corrected chi connectivity index (χ2v) is 5.03. The predicted molar refractivity (Wildman–Crippen MR) is 82.4 cm³/mol. The molecule has 0 aliphatic carbocycles. The number of fused-ring (bicyclic) bond motifs is 1. The van der Waals surface area contributed by atoms with Gasteiger partial charge in [0.1, 0.15) is 5.82 Å². The second kappa shape index (κ2) is 5.61. The van der Waals surface area contributed by atoms with E-state index in [2.05, 4.69) is 20.4 Å². The van der Waals surface area contributed by atoms with Crippen LogP contribution in [0, 0.1) is 0 Å². The largest absolute Gasteiger partial charge is 0.306 e. The van der Waals surface area contributed by atoms with Gasteiger partial charge in [-0.3, -0.25) is 14.6 Å². The molecule has 0 atom stereocenters. The monoisotopic (exact) mass is 317 g/mol. The Bertz CT molecular complexity index is 898. The number of nitrogens with zero attached hydrogens (tertiary/aromatic N) is 3. The lowest BCUT2D eigenvalue weighted by atomic mass is 10.2. The molecule has 2 aromatic heterocycles. The van der Waals surface area contributed by atoms with Crippen molar-refractivity contribution in [1.82, 2.24) is 19.6 Å². The molecule has 0 saturated carbocycles. The third-order valence-corrected chi connectivity index (χ3v) is 3.30. The maximum Gasteiger partial charge on any atom is 0.256 e. The Morgan fingerprint density at radius 2 is 2.09 bits per heavy atom. The quantitative estimate of drug-likeness (QED) is 0.771. The Balaban J connectivity index is 1.99. The van der Waals surface area contributed by atoms with Crippen molar-refractivity contribution in [3.63, 3.8) is 0 Å². The normalized spacial score (nSPS) is 10.8. The van der Waals surface area contributed by atoms with Gasteiger partial charge >= 0.3 is 0 Å². The van der Waals surface area contributed by atoms with Crippen molar-refractivity contribution in [1.29, 1.82) is 0 Å². The lowest BCUT2D eigenvalue weighted by Crippen LogP contribution is -2.18. The zero-order valence-corrected chi connectivity index (χ0v) is 12.4. The maximum absolute atomic E-state index is 12.2. The predicted octanol–water partition coefficient (Wildman–Crippen LogP) is 1.89. The molecule has 0 aliphatic heterocycles. The summed E-state index contributed by atoms with van der Waals surface area (Å²) in [5, 5.41) is 7.43. The van der Waals surface area contributed by atoms with Gasteiger partial charge in [0.05, 0.1) is 0 Å². The summed E-state index contributed by atoms with van der Waals surface area (Å²) in [6.07, 6.45) is 0.619. The fourth-order valence-corrected chi connectivity index (χ4v) is 2.09. The molecule has 3 aromatic rings. The summed E-state index contributed by atoms with van der Waals surface area (Å²) in [6.45, 7) is 1.90. The molecule has 1 amide bonds. The van der Waals surface area contributed by atoms with Crippen LogP contribution in [-0.4, -0.2) is 25.5 Å². The number of amides is 1. The number of hydrogen-bond donors (Lipinski definition) is 2. The number of anilines is 1. The topological polar surface area (TPSA) is 92.1 Å². The first-order valence-corrected chi connectivity index (χ1v) is 7.00. The molecule has 7 nitrogen and oxygen atoms in total. The Hall–Kier alpha value is -2.67. The molecular weight excluding hydrogens is 306 g/mol. The van der Waals surface area contributed by atoms with Gasteiger partial charge in [0.25, 0.3) is 11.5 Å². The van der Waals surface area contributed by atoms with E-state index in [1.807, 2.05) is 6.92 Å². The van der Waals surface area contributed by atoms with Crippen LogP contribution in [0.1, 0.15) is 23.1 Å². The Labute approximate surface area is 130 Å². The van der Waals surface area contributed by atoms with E-state index in [1.165, 1.54) is 10.6 Å². The van der Waals surface area contributed by atoms with E-state index in [9.17, 15) is 9.59 Å². The summed E-state index contributed by atoms with van der Waals surface area (Å²) in [6, 6.07) is 7.69. The zero-order valence-electron chi connectivity index (χ0n) is 11.6. The van der Waals surface area contributed by atoms with Crippen molar-refractivity contribution in [3.8, 4) is 0 Å². The third-order valence-electron chi connectivity index (χ3n) is 3.05. The van der Waals surface area contributed by atoms with Crippen LogP contribution in [-0.2, 0) is 6.42 Å². The van der Waals surface area contributed by atoms with Gasteiger partial charge < -0.3 is 5.32 Å². The zero-order chi connectivity index (χ0) is 15.7. The van der Waals surface area contributed by atoms with Gasteiger partial charge in [0, 0.05) is 23.1 Å². The molecule has 1 aromatic carbocycles. The average Bonchev–Trinajstić information content (AvgIpc) is 2.91. The van der Waals surface area contributed by atoms with Crippen LogP contribution in [0.3, 0.4) is 0 Å². The number of hydrogen-bond acceptors (Lipinski definition) is 4. The molecule has 22 heavy (non-hydrogen) atoms. The minimum Gasteiger partial charge on any atom is -0.306 e. The summed E-state index contributed by atoms with van der Waals surface area (Å²) in [5.74, 6) is 0.752. The highest BCUT2D eigenvalue weighted by molar-refractivity contribution is 6.30. The number of carbonyl (C=O) groups excluding carboxylic acids is 1. The summed E-state index contributed by atoms with van der Waals surface area (Å²) >= 11 is 5.79. The second-order valence-electron chi connectivity index (χ2n) is 4.60. The number of benzene rings is 1. The lowest BCUT2D eigenvalue weighted by Gasteiger charge is -2.06. The number of carbonyl (C=O) groups is 1. The number of rotatable bonds is 3. The highest BCUT2D eigenvalue weighted by Gasteiger charge is 2.12. The van der Waals surface area contributed by atoms with Crippen molar-refractivity contribution < 1.29 is 4.79 Å². The van der Waals surface area contributed by atoms with Gasteiger partial charge in [-0.25, -0.2) is 0 Å². The average molecular weight is 318 g/mol. The summed E-state index contributed by atoms with van der Waals surface area (Å²) in [7, 11) is 0. The number of H-pyrrole nitrogens is 1. The van der Waals surface area contributed by atoms with Crippen LogP contribution >= 0.6 is 11.6 Å². The molecule has 0 aliphatic rings.